The highest BCUT2D eigenvalue weighted by Crippen LogP contribution is 2.48. The number of hydrogen-bond donors (Lipinski definition) is 1. The van der Waals surface area contributed by atoms with Gasteiger partial charge in [0.1, 0.15) is 0 Å². The zero-order valence-corrected chi connectivity index (χ0v) is 19.6. The molecule has 0 unspecified atom stereocenters. The number of carbonyl (C=O) groups excluding carboxylic acids is 2. The smallest absolute Gasteiger partial charge is 0.254 e. The Labute approximate surface area is 199 Å². The van der Waals surface area contributed by atoms with Crippen molar-refractivity contribution in [3.05, 3.63) is 88.5 Å². The molecular formula is C28H28N2O4. The summed E-state index contributed by atoms with van der Waals surface area (Å²) >= 11 is 0. The molecule has 2 aliphatic rings. The largest absolute Gasteiger partial charge is 0.493 e. The molecule has 0 aromatic heterocycles. The number of ether oxygens (including phenoxy) is 2. The topological polar surface area (TPSA) is 67.9 Å². The Morgan fingerprint density at radius 3 is 2.53 bits per heavy atom. The molecule has 0 saturated heterocycles. The number of fused-ring (bicyclic) bond motifs is 4. The van der Waals surface area contributed by atoms with Gasteiger partial charge in [0.25, 0.3) is 5.91 Å². The van der Waals surface area contributed by atoms with Gasteiger partial charge in [0, 0.05) is 17.8 Å². The van der Waals surface area contributed by atoms with Crippen LogP contribution in [0.1, 0.15) is 51.5 Å². The van der Waals surface area contributed by atoms with Crippen molar-refractivity contribution in [3.8, 4) is 11.5 Å². The summed E-state index contributed by atoms with van der Waals surface area (Å²) in [6.07, 6.45) is 1.64. The van der Waals surface area contributed by atoms with Crippen LogP contribution in [0.25, 0.3) is 0 Å². The fourth-order valence-electron chi connectivity index (χ4n) is 5.22. The lowest BCUT2D eigenvalue weighted by Crippen LogP contribution is -2.49. The van der Waals surface area contributed by atoms with Gasteiger partial charge in [-0.2, -0.15) is 0 Å². The predicted octanol–water partition coefficient (Wildman–Crippen LogP) is 4.74. The summed E-state index contributed by atoms with van der Waals surface area (Å²) < 4.78 is 11.0. The first kappa shape index (κ1) is 22.0. The number of nitrogens with zero attached hydrogens (tertiary/aromatic N) is 1. The molecule has 6 heteroatoms. The van der Waals surface area contributed by atoms with Crippen LogP contribution < -0.4 is 14.8 Å². The van der Waals surface area contributed by atoms with E-state index in [0.29, 0.717) is 29.2 Å². The van der Waals surface area contributed by atoms with E-state index in [1.807, 2.05) is 47.4 Å². The molecule has 2 aliphatic heterocycles. The first-order valence-electron chi connectivity index (χ1n) is 11.6. The molecule has 6 nitrogen and oxygen atoms in total. The molecule has 2 amide bonds. The van der Waals surface area contributed by atoms with Crippen LogP contribution in [0.15, 0.2) is 60.7 Å². The molecule has 5 rings (SSSR count). The number of anilines is 1. The fourth-order valence-corrected chi connectivity index (χ4v) is 5.22. The molecule has 2 heterocycles. The van der Waals surface area contributed by atoms with Crippen molar-refractivity contribution in [1.29, 1.82) is 0 Å². The highest BCUT2D eigenvalue weighted by Gasteiger charge is 2.47. The standard InChI is InChI=1S/C28H28N2O4/c1-4-17-8-7-10-19(14-17)29-27(31)25-21-15-23(33-2)24(34-3)16-22(21)28(32)30-13-12-18-9-5-6-11-20(18)26(25)30/h5-11,14-16,25-26H,4,12-13H2,1-3H3,(H,29,31)/t25-,26+/m1/s1. The number of methoxy groups -OCH3 is 2. The lowest BCUT2D eigenvalue weighted by molar-refractivity contribution is -0.119. The Hall–Kier alpha value is -3.80. The molecular weight excluding hydrogens is 428 g/mol. The van der Waals surface area contributed by atoms with Gasteiger partial charge >= 0.3 is 0 Å². The van der Waals surface area contributed by atoms with Crippen molar-refractivity contribution in [3.63, 3.8) is 0 Å². The van der Waals surface area contributed by atoms with Gasteiger partial charge in [-0.1, -0.05) is 43.3 Å². The van der Waals surface area contributed by atoms with Crippen LogP contribution in [-0.2, 0) is 17.6 Å². The number of carbonyl (C=O) groups is 2. The summed E-state index contributed by atoms with van der Waals surface area (Å²) in [5, 5.41) is 3.12. The van der Waals surface area contributed by atoms with Gasteiger partial charge in [0.15, 0.2) is 11.5 Å². The molecule has 1 N–H and O–H groups in total. The number of benzene rings is 3. The van der Waals surface area contributed by atoms with E-state index < -0.39 is 12.0 Å². The van der Waals surface area contributed by atoms with Crippen LogP contribution in [-0.4, -0.2) is 37.5 Å². The predicted molar refractivity (Wildman–Crippen MR) is 131 cm³/mol. The zero-order chi connectivity index (χ0) is 23.8. The molecule has 0 fully saturated rings. The maximum atomic E-state index is 13.9. The van der Waals surface area contributed by atoms with E-state index in [-0.39, 0.29) is 11.8 Å². The van der Waals surface area contributed by atoms with E-state index in [1.54, 1.807) is 26.4 Å². The molecule has 0 bridgehead atoms. The SMILES string of the molecule is CCc1cccc(NC(=O)[C@@H]2c3cc(OC)c(OC)cc3C(=O)N3CCc4ccccc4[C@@H]23)c1. The number of hydrogen-bond acceptors (Lipinski definition) is 4. The summed E-state index contributed by atoms with van der Waals surface area (Å²) in [7, 11) is 3.10. The lowest BCUT2D eigenvalue weighted by atomic mass is 9.75. The van der Waals surface area contributed by atoms with Crippen molar-refractivity contribution in [2.75, 3.05) is 26.1 Å². The molecule has 3 aromatic rings. The lowest BCUT2D eigenvalue weighted by Gasteiger charge is -2.45. The van der Waals surface area contributed by atoms with E-state index in [9.17, 15) is 9.59 Å². The van der Waals surface area contributed by atoms with Crippen LogP contribution in [0.3, 0.4) is 0 Å². The number of nitrogens with one attached hydrogen (secondary N) is 1. The minimum atomic E-state index is -0.598. The summed E-state index contributed by atoms with van der Waals surface area (Å²) in [5.74, 6) is 0.130. The monoisotopic (exact) mass is 456 g/mol. The minimum absolute atomic E-state index is 0.0903. The molecule has 174 valence electrons. The quantitative estimate of drug-likeness (QED) is 0.602. The van der Waals surface area contributed by atoms with E-state index in [2.05, 4.69) is 18.3 Å². The van der Waals surface area contributed by atoms with Crippen LogP contribution in [0, 0.1) is 0 Å². The molecule has 34 heavy (non-hydrogen) atoms. The highest BCUT2D eigenvalue weighted by molar-refractivity contribution is 6.05. The van der Waals surface area contributed by atoms with Crippen LogP contribution in [0.4, 0.5) is 5.69 Å². The number of amides is 2. The highest BCUT2D eigenvalue weighted by atomic mass is 16.5. The molecule has 0 aliphatic carbocycles. The summed E-state index contributed by atoms with van der Waals surface area (Å²) in [4.78, 5) is 29.4. The average molecular weight is 457 g/mol. The maximum absolute atomic E-state index is 13.9. The van der Waals surface area contributed by atoms with Crippen LogP contribution in [0.5, 0.6) is 11.5 Å². The molecule has 0 spiro atoms. The first-order valence-corrected chi connectivity index (χ1v) is 11.6. The third-order valence-corrected chi connectivity index (χ3v) is 6.91. The van der Waals surface area contributed by atoms with Crippen LogP contribution in [0.2, 0.25) is 0 Å². The summed E-state index contributed by atoms with van der Waals surface area (Å²) in [6.45, 7) is 2.64. The minimum Gasteiger partial charge on any atom is -0.493 e. The molecule has 0 radical (unpaired) electrons. The van der Waals surface area contributed by atoms with Crippen LogP contribution >= 0.6 is 0 Å². The van der Waals surface area contributed by atoms with Gasteiger partial charge in [0.2, 0.25) is 5.91 Å². The fraction of sp³-hybridized carbons (Fsp3) is 0.286. The molecule has 2 atom stereocenters. The van der Waals surface area contributed by atoms with E-state index in [1.165, 1.54) is 5.56 Å². The number of aryl methyl sites for hydroxylation is 1. The van der Waals surface area contributed by atoms with Crippen molar-refractivity contribution >= 4 is 17.5 Å². The Bertz CT molecular complexity index is 1270. The Balaban J connectivity index is 1.66. The van der Waals surface area contributed by atoms with Crippen molar-refractivity contribution in [1.82, 2.24) is 4.90 Å². The van der Waals surface area contributed by atoms with E-state index in [0.717, 1.165) is 29.7 Å². The molecule has 3 aromatic carbocycles. The Morgan fingerprint density at radius 1 is 1.00 bits per heavy atom. The van der Waals surface area contributed by atoms with Gasteiger partial charge in [-0.05, 0) is 59.4 Å². The van der Waals surface area contributed by atoms with E-state index >= 15 is 0 Å². The zero-order valence-electron chi connectivity index (χ0n) is 19.6. The second-order valence-electron chi connectivity index (χ2n) is 8.71. The second-order valence-corrected chi connectivity index (χ2v) is 8.71. The van der Waals surface area contributed by atoms with Gasteiger partial charge in [-0.3, -0.25) is 9.59 Å². The average Bonchev–Trinajstić information content (AvgIpc) is 2.88. The van der Waals surface area contributed by atoms with Gasteiger partial charge < -0.3 is 19.7 Å². The van der Waals surface area contributed by atoms with Gasteiger partial charge in [-0.25, -0.2) is 0 Å². The third-order valence-electron chi connectivity index (χ3n) is 6.91. The van der Waals surface area contributed by atoms with Crippen molar-refractivity contribution in [2.24, 2.45) is 0 Å². The van der Waals surface area contributed by atoms with E-state index in [4.69, 9.17) is 9.47 Å². The second kappa shape index (κ2) is 8.86. The Morgan fingerprint density at radius 2 is 1.76 bits per heavy atom. The summed E-state index contributed by atoms with van der Waals surface area (Å²) in [5.41, 5.74) is 5.23. The maximum Gasteiger partial charge on any atom is 0.254 e. The first-order chi connectivity index (χ1) is 16.5. The molecule has 0 saturated carbocycles. The number of rotatable bonds is 5. The third kappa shape index (κ3) is 3.59. The summed E-state index contributed by atoms with van der Waals surface area (Å²) in [6, 6.07) is 19.1. The van der Waals surface area contributed by atoms with Gasteiger partial charge in [-0.15, -0.1) is 0 Å². The normalized spacial score (nSPS) is 18.4. The van der Waals surface area contributed by atoms with Gasteiger partial charge in [0.05, 0.1) is 26.2 Å². The van der Waals surface area contributed by atoms with Crippen molar-refractivity contribution in [2.45, 2.75) is 31.7 Å². The van der Waals surface area contributed by atoms with Crippen molar-refractivity contribution < 1.29 is 19.1 Å². The Kier molecular flexibility index (Phi) is 5.74.